The molecule has 4 rings (SSSR count). The van der Waals surface area contributed by atoms with Gasteiger partial charge in [0.1, 0.15) is 11.0 Å². The second-order valence-corrected chi connectivity index (χ2v) is 8.15. The lowest BCUT2D eigenvalue weighted by Gasteiger charge is -2.43. The fourth-order valence-corrected chi connectivity index (χ4v) is 4.17. The standard InChI is InChI=1S/C23H23ClFN3O/c1-15-4-6-17(7-5-15)14-28-21(24)20(16(2)27-28)22(29)26-23(12-3-13-23)18-8-10-19(25)11-9-18/h4-11H,3,12-14H2,1-2H3,(H,26,29). The second-order valence-electron chi connectivity index (χ2n) is 7.79. The number of nitrogens with zero attached hydrogens (tertiary/aromatic N) is 2. The van der Waals surface area contributed by atoms with Crippen LogP contribution in [-0.2, 0) is 12.1 Å². The number of halogens is 2. The van der Waals surface area contributed by atoms with Crippen LogP contribution < -0.4 is 5.32 Å². The fraction of sp³-hybridized carbons (Fsp3) is 0.304. The van der Waals surface area contributed by atoms with Crippen LogP contribution in [0, 0.1) is 19.7 Å². The summed E-state index contributed by atoms with van der Waals surface area (Å²) in [7, 11) is 0. The zero-order valence-corrected chi connectivity index (χ0v) is 17.3. The Kier molecular flexibility index (Phi) is 5.17. The highest BCUT2D eigenvalue weighted by Crippen LogP contribution is 2.41. The third-order valence-electron chi connectivity index (χ3n) is 5.70. The minimum atomic E-state index is -0.473. The number of hydrogen-bond acceptors (Lipinski definition) is 2. The quantitative estimate of drug-likeness (QED) is 0.631. The third kappa shape index (κ3) is 3.79. The van der Waals surface area contributed by atoms with Crippen LogP contribution >= 0.6 is 11.6 Å². The zero-order valence-electron chi connectivity index (χ0n) is 16.5. The second kappa shape index (κ2) is 7.64. The Bertz CT molecular complexity index is 1040. The molecule has 0 spiro atoms. The molecule has 0 aliphatic heterocycles. The van der Waals surface area contributed by atoms with Gasteiger partial charge in [0, 0.05) is 0 Å². The minimum absolute atomic E-state index is 0.244. The molecule has 2 aromatic carbocycles. The van der Waals surface area contributed by atoms with Gasteiger partial charge in [-0.3, -0.25) is 4.79 Å². The maximum atomic E-state index is 13.3. The predicted molar refractivity (Wildman–Crippen MR) is 112 cm³/mol. The van der Waals surface area contributed by atoms with Crippen LogP contribution in [0.15, 0.2) is 48.5 Å². The van der Waals surface area contributed by atoms with Crippen LogP contribution in [0.5, 0.6) is 0 Å². The lowest BCUT2D eigenvalue weighted by molar-refractivity contribution is 0.0822. The van der Waals surface area contributed by atoms with Crippen molar-refractivity contribution in [3.8, 4) is 0 Å². The molecule has 4 nitrogen and oxygen atoms in total. The van der Waals surface area contributed by atoms with E-state index >= 15 is 0 Å². The molecule has 1 saturated carbocycles. The van der Waals surface area contributed by atoms with Gasteiger partial charge in [0.05, 0.1) is 23.3 Å². The molecule has 1 aliphatic rings. The predicted octanol–water partition coefficient (Wildman–Crippen LogP) is 5.15. The first kappa shape index (κ1) is 19.6. The van der Waals surface area contributed by atoms with Gasteiger partial charge in [0.25, 0.3) is 5.91 Å². The first-order chi connectivity index (χ1) is 13.9. The van der Waals surface area contributed by atoms with Crippen LogP contribution in [-0.4, -0.2) is 15.7 Å². The number of benzene rings is 2. The van der Waals surface area contributed by atoms with Gasteiger partial charge in [-0.2, -0.15) is 5.10 Å². The Morgan fingerprint density at radius 2 is 1.79 bits per heavy atom. The highest BCUT2D eigenvalue weighted by molar-refractivity contribution is 6.33. The number of carbonyl (C=O) groups is 1. The van der Waals surface area contributed by atoms with Crippen LogP contribution in [0.2, 0.25) is 5.15 Å². The van der Waals surface area contributed by atoms with Gasteiger partial charge in [0.2, 0.25) is 0 Å². The van der Waals surface area contributed by atoms with Gasteiger partial charge in [-0.1, -0.05) is 53.6 Å². The molecular formula is C23H23ClFN3O. The van der Waals surface area contributed by atoms with Gasteiger partial charge in [-0.25, -0.2) is 9.07 Å². The average Bonchev–Trinajstić information content (AvgIpc) is 2.94. The van der Waals surface area contributed by atoms with Crippen LogP contribution in [0.4, 0.5) is 4.39 Å². The van der Waals surface area contributed by atoms with E-state index in [1.165, 1.54) is 17.7 Å². The summed E-state index contributed by atoms with van der Waals surface area (Å²) in [6.45, 7) is 4.32. The highest BCUT2D eigenvalue weighted by atomic mass is 35.5. The van der Waals surface area contributed by atoms with Crippen molar-refractivity contribution in [1.29, 1.82) is 0 Å². The van der Waals surface area contributed by atoms with Crippen molar-refractivity contribution < 1.29 is 9.18 Å². The molecule has 1 amide bonds. The Labute approximate surface area is 174 Å². The molecule has 1 N–H and O–H groups in total. The first-order valence-corrected chi connectivity index (χ1v) is 10.1. The monoisotopic (exact) mass is 411 g/mol. The lowest BCUT2D eigenvalue weighted by Crippen LogP contribution is -2.50. The summed E-state index contributed by atoms with van der Waals surface area (Å²) < 4.78 is 15.0. The van der Waals surface area contributed by atoms with Gasteiger partial charge in [-0.15, -0.1) is 0 Å². The van der Waals surface area contributed by atoms with Crippen LogP contribution in [0.25, 0.3) is 0 Å². The normalized spacial score (nSPS) is 15.0. The number of amides is 1. The van der Waals surface area contributed by atoms with E-state index in [0.29, 0.717) is 23.0 Å². The van der Waals surface area contributed by atoms with Gasteiger partial charge in [0.15, 0.2) is 0 Å². The smallest absolute Gasteiger partial charge is 0.257 e. The van der Waals surface area contributed by atoms with Gasteiger partial charge in [-0.05, 0) is 56.4 Å². The number of hydrogen-bond donors (Lipinski definition) is 1. The van der Waals surface area contributed by atoms with E-state index in [2.05, 4.69) is 10.4 Å². The molecule has 6 heteroatoms. The average molecular weight is 412 g/mol. The largest absolute Gasteiger partial charge is 0.342 e. The molecular weight excluding hydrogens is 389 g/mol. The lowest BCUT2D eigenvalue weighted by atomic mass is 9.71. The maximum absolute atomic E-state index is 13.3. The summed E-state index contributed by atoms with van der Waals surface area (Å²) in [6, 6.07) is 14.5. The van der Waals surface area contributed by atoms with E-state index in [9.17, 15) is 9.18 Å². The molecule has 1 heterocycles. The number of aryl methyl sites for hydroxylation is 2. The van der Waals surface area contributed by atoms with E-state index in [-0.39, 0.29) is 11.7 Å². The van der Waals surface area contributed by atoms with E-state index in [0.717, 1.165) is 30.4 Å². The van der Waals surface area contributed by atoms with Crippen molar-refractivity contribution >= 4 is 17.5 Å². The van der Waals surface area contributed by atoms with Crippen molar-refractivity contribution in [1.82, 2.24) is 15.1 Å². The Morgan fingerprint density at radius 3 is 2.38 bits per heavy atom. The van der Waals surface area contributed by atoms with E-state index in [1.807, 2.05) is 31.2 Å². The molecule has 0 atom stereocenters. The van der Waals surface area contributed by atoms with Gasteiger partial charge < -0.3 is 5.32 Å². The summed E-state index contributed by atoms with van der Waals surface area (Å²) in [4.78, 5) is 13.1. The Balaban J connectivity index is 1.58. The van der Waals surface area contributed by atoms with Gasteiger partial charge >= 0.3 is 0 Å². The number of nitrogens with one attached hydrogen (secondary N) is 1. The summed E-state index contributed by atoms with van der Waals surface area (Å²) in [5.74, 6) is -0.530. The molecule has 3 aromatic rings. The van der Waals surface area contributed by atoms with Crippen molar-refractivity contribution in [2.45, 2.75) is 45.2 Å². The highest BCUT2D eigenvalue weighted by Gasteiger charge is 2.41. The zero-order chi connectivity index (χ0) is 20.6. The molecule has 29 heavy (non-hydrogen) atoms. The molecule has 1 aliphatic carbocycles. The molecule has 0 bridgehead atoms. The van der Waals surface area contributed by atoms with Crippen molar-refractivity contribution in [2.24, 2.45) is 0 Å². The molecule has 150 valence electrons. The summed E-state index contributed by atoms with van der Waals surface area (Å²) >= 11 is 6.55. The van der Waals surface area contributed by atoms with Crippen molar-refractivity contribution in [3.63, 3.8) is 0 Å². The van der Waals surface area contributed by atoms with E-state index in [4.69, 9.17) is 11.6 Å². The third-order valence-corrected chi connectivity index (χ3v) is 6.09. The van der Waals surface area contributed by atoms with E-state index < -0.39 is 5.54 Å². The fourth-order valence-electron chi connectivity index (χ4n) is 3.85. The molecule has 0 unspecified atom stereocenters. The molecule has 1 fully saturated rings. The number of rotatable bonds is 5. The minimum Gasteiger partial charge on any atom is -0.342 e. The summed E-state index contributed by atoms with van der Waals surface area (Å²) in [5.41, 5.74) is 3.68. The van der Waals surface area contributed by atoms with Crippen LogP contribution in [0.1, 0.15) is 52.0 Å². The molecule has 0 saturated heterocycles. The first-order valence-electron chi connectivity index (χ1n) is 9.75. The SMILES string of the molecule is Cc1ccc(Cn2nc(C)c(C(=O)NC3(c4ccc(F)cc4)CCC3)c2Cl)cc1. The summed E-state index contributed by atoms with van der Waals surface area (Å²) in [5, 5.41) is 7.96. The number of aromatic nitrogens is 2. The Morgan fingerprint density at radius 1 is 1.14 bits per heavy atom. The van der Waals surface area contributed by atoms with E-state index in [1.54, 1.807) is 23.7 Å². The van der Waals surface area contributed by atoms with Crippen molar-refractivity contribution in [3.05, 3.63) is 87.4 Å². The van der Waals surface area contributed by atoms with Crippen LogP contribution in [0.3, 0.4) is 0 Å². The molecule has 0 radical (unpaired) electrons. The maximum Gasteiger partial charge on any atom is 0.257 e. The topological polar surface area (TPSA) is 46.9 Å². The summed E-state index contributed by atoms with van der Waals surface area (Å²) in [6.07, 6.45) is 2.65. The Hall–Kier alpha value is -2.66. The molecule has 1 aromatic heterocycles. The van der Waals surface area contributed by atoms with Crippen molar-refractivity contribution in [2.75, 3.05) is 0 Å². The number of carbonyl (C=O) groups excluding carboxylic acids is 1.